The van der Waals surface area contributed by atoms with Gasteiger partial charge in [0.15, 0.2) is 5.76 Å². The number of hydrogen-bond donors (Lipinski definition) is 2. The molecule has 2 amide bonds. The number of amides is 2. The number of piperidine rings is 1. The number of aromatic nitrogens is 2. The van der Waals surface area contributed by atoms with E-state index in [9.17, 15) is 9.59 Å². The standard InChI is InChI=1S/C21H22N4O3/c1-14-6-8-15(9-7-14)17-12-18(24-23-17)20(26)22-16-4-2-10-25(13-16)21(27)19-5-3-11-28-19/h3,5-9,11-12,16H,2,4,10,13H2,1H3,(H,22,26)(H,23,24). The minimum absolute atomic E-state index is 0.105. The van der Waals surface area contributed by atoms with Crippen molar-refractivity contribution in [3.63, 3.8) is 0 Å². The van der Waals surface area contributed by atoms with Crippen LogP contribution in [0.25, 0.3) is 11.3 Å². The maximum atomic E-state index is 12.6. The molecule has 1 fully saturated rings. The summed E-state index contributed by atoms with van der Waals surface area (Å²) in [5.41, 5.74) is 3.26. The van der Waals surface area contributed by atoms with Gasteiger partial charge in [-0.1, -0.05) is 29.8 Å². The minimum Gasteiger partial charge on any atom is -0.459 e. The third-order valence-corrected chi connectivity index (χ3v) is 4.95. The molecule has 1 atom stereocenters. The van der Waals surface area contributed by atoms with Gasteiger partial charge in [0, 0.05) is 24.7 Å². The van der Waals surface area contributed by atoms with E-state index >= 15 is 0 Å². The number of nitrogens with one attached hydrogen (secondary N) is 2. The van der Waals surface area contributed by atoms with Crippen molar-refractivity contribution in [1.29, 1.82) is 0 Å². The maximum Gasteiger partial charge on any atom is 0.289 e. The predicted octanol–water partition coefficient (Wildman–Crippen LogP) is 3.01. The highest BCUT2D eigenvalue weighted by Gasteiger charge is 2.27. The average molecular weight is 378 g/mol. The number of benzene rings is 1. The van der Waals surface area contributed by atoms with E-state index in [-0.39, 0.29) is 17.9 Å². The van der Waals surface area contributed by atoms with Crippen molar-refractivity contribution in [2.45, 2.75) is 25.8 Å². The van der Waals surface area contributed by atoms with Crippen LogP contribution in [0.2, 0.25) is 0 Å². The smallest absolute Gasteiger partial charge is 0.289 e. The lowest BCUT2D eigenvalue weighted by atomic mass is 10.0. The number of nitrogens with zero attached hydrogens (tertiary/aromatic N) is 2. The topological polar surface area (TPSA) is 91.2 Å². The van der Waals surface area contributed by atoms with Crippen LogP contribution in [-0.4, -0.2) is 46.0 Å². The zero-order valence-corrected chi connectivity index (χ0v) is 15.6. The molecule has 0 radical (unpaired) electrons. The molecular weight excluding hydrogens is 356 g/mol. The summed E-state index contributed by atoms with van der Waals surface area (Å²) < 4.78 is 5.19. The van der Waals surface area contributed by atoms with Crippen LogP contribution in [0.3, 0.4) is 0 Å². The second-order valence-corrected chi connectivity index (χ2v) is 7.07. The van der Waals surface area contributed by atoms with Crippen LogP contribution in [0.15, 0.2) is 53.1 Å². The molecule has 0 saturated carbocycles. The molecule has 2 N–H and O–H groups in total. The van der Waals surface area contributed by atoms with Gasteiger partial charge in [-0.25, -0.2) is 0 Å². The number of aryl methyl sites for hydroxylation is 1. The summed E-state index contributed by atoms with van der Waals surface area (Å²) in [6.07, 6.45) is 3.14. The summed E-state index contributed by atoms with van der Waals surface area (Å²) in [5.74, 6) is -0.0430. The quantitative estimate of drug-likeness (QED) is 0.730. The van der Waals surface area contributed by atoms with Gasteiger partial charge in [0.2, 0.25) is 0 Å². The lowest BCUT2D eigenvalue weighted by Crippen LogP contribution is -2.49. The van der Waals surface area contributed by atoms with Crippen LogP contribution >= 0.6 is 0 Å². The molecule has 7 nitrogen and oxygen atoms in total. The van der Waals surface area contributed by atoms with Crippen molar-refractivity contribution in [3.05, 3.63) is 65.7 Å². The number of likely N-dealkylation sites (tertiary alicyclic amines) is 1. The summed E-state index contributed by atoms with van der Waals surface area (Å²) in [6.45, 7) is 3.15. The Morgan fingerprint density at radius 2 is 2.07 bits per heavy atom. The van der Waals surface area contributed by atoms with E-state index in [0.29, 0.717) is 24.5 Å². The van der Waals surface area contributed by atoms with Crippen LogP contribution in [0.5, 0.6) is 0 Å². The minimum atomic E-state index is -0.219. The van der Waals surface area contributed by atoms with Gasteiger partial charge in [0.1, 0.15) is 5.69 Å². The molecule has 7 heteroatoms. The summed E-state index contributed by atoms with van der Waals surface area (Å²) in [5, 5.41) is 10.1. The van der Waals surface area contributed by atoms with Crippen LogP contribution in [0, 0.1) is 6.92 Å². The molecule has 0 aliphatic carbocycles. The van der Waals surface area contributed by atoms with Gasteiger partial charge in [0.05, 0.1) is 12.0 Å². The van der Waals surface area contributed by atoms with Gasteiger partial charge in [-0.05, 0) is 38.0 Å². The van der Waals surface area contributed by atoms with Gasteiger partial charge >= 0.3 is 0 Å². The van der Waals surface area contributed by atoms with Crippen molar-refractivity contribution in [3.8, 4) is 11.3 Å². The number of furan rings is 1. The van der Waals surface area contributed by atoms with E-state index in [1.54, 1.807) is 23.1 Å². The van der Waals surface area contributed by atoms with Crippen molar-refractivity contribution < 1.29 is 14.0 Å². The molecule has 4 rings (SSSR count). The summed E-state index contributed by atoms with van der Waals surface area (Å²) in [7, 11) is 0. The first-order valence-corrected chi connectivity index (χ1v) is 9.36. The van der Waals surface area contributed by atoms with Gasteiger partial charge < -0.3 is 14.6 Å². The Bertz CT molecular complexity index is 960. The Morgan fingerprint density at radius 1 is 1.25 bits per heavy atom. The fourth-order valence-corrected chi connectivity index (χ4v) is 3.41. The number of hydrogen-bond acceptors (Lipinski definition) is 4. The van der Waals surface area contributed by atoms with Crippen molar-refractivity contribution >= 4 is 11.8 Å². The van der Waals surface area contributed by atoms with Crippen LogP contribution in [-0.2, 0) is 0 Å². The molecular formula is C21H22N4O3. The van der Waals surface area contributed by atoms with Crippen molar-refractivity contribution in [2.24, 2.45) is 0 Å². The Balaban J connectivity index is 1.39. The number of H-pyrrole nitrogens is 1. The summed E-state index contributed by atoms with van der Waals surface area (Å²) in [6, 6.07) is 13.0. The normalized spacial score (nSPS) is 16.8. The molecule has 1 aromatic carbocycles. The summed E-state index contributed by atoms with van der Waals surface area (Å²) >= 11 is 0. The second-order valence-electron chi connectivity index (χ2n) is 7.07. The lowest BCUT2D eigenvalue weighted by molar-refractivity contribution is 0.0646. The van der Waals surface area contributed by atoms with Crippen LogP contribution in [0.1, 0.15) is 39.4 Å². The first kappa shape index (κ1) is 18.0. The molecule has 3 aromatic rings. The number of carbonyl (C=O) groups is 2. The third-order valence-electron chi connectivity index (χ3n) is 4.95. The average Bonchev–Trinajstić information content (AvgIpc) is 3.40. The van der Waals surface area contributed by atoms with Gasteiger partial charge in [-0.2, -0.15) is 5.10 Å². The molecule has 2 aromatic heterocycles. The fraction of sp³-hybridized carbons (Fsp3) is 0.286. The Kier molecular flexibility index (Phi) is 4.97. The number of carbonyl (C=O) groups excluding carboxylic acids is 2. The molecule has 28 heavy (non-hydrogen) atoms. The van der Waals surface area contributed by atoms with E-state index in [4.69, 9.17) is 4.42 Å². The molecule has 1 aliphatic heterocycles. The third kappa shape index (κ3) is 3.83. The van der Waals surface area contributed by atoms with E-state index in [1.807, 2.05) is 31.2 Å². The van der Waals surface area contributed by atoms with E-state index in [0.717, 1.165) is 24.1 Å². The van der Waals surface area contributed by atoms with E-state index in [1.165, 1.54) is 11.8 Å². The zero-order chi connectivity index (χ0) is 19.5. The highest BCUT2D eigenvalue weighted by Crippen LogP contribution is 2.19. The van der Waals surface area contributed by atoms with E-state index < -0.39 is 0 Å². The van der Waals surface area contributed by atoms with E-state index in [2.05, 4.69) is 15.5 Å². The second kappa shape index (κ2) is 7.72. The largest absolute Gasteiger partial charge is 0.459 e. The molecule has 1 unspecified atom stereocenters. The molecule has 3 heterocycles. The zero-order valence-electron chi connectivity index (χ0n) is 15.6. The molecule has 0 spiro atoms. The first-order valence-electron chi connectivity index (χ1n) is 9.36. The fourth-order valence-electron chi connectivity index (χ4n) is 3.41. The Morgan fingerprint density at radius 3 is 2.82 bits per heavy atom. The van der Waals surface area contributed by atoms with Gasteiger partial charge in [0.25, 0.3) is 11.8 Å². The molecule has 1 saturated heterocycles. The highest BCUT2D eigenvalue weighted by molar-refractivity contribution is 5.94. The Labute approximate surface area is 162 Å². The molecule has 144 valence electrons. The van der Waals surface area contributed by atoms with Gasteiger partial charge in [-0.15, -0.1) is 0 Å². The monoisotopic (exact) mass is 378 g/mol. The van der Waals surface area contributed by atoms with Crippen molar-refractivity contribution in [2.75, 3.05) is 13.1 Å². The van der Waals surface area contributed by atoms with Crippen LogP contribution < -0.4 is 5.32 Å². The Hall–Kier alpha value is -3.35. The molecule has 1 aliphatic rings. The first-order chi connectivity index (χ1) is 13.6. The van der Waals surface area contributed by atoms with Crippen molar-refractivity contribution in [1.82, 2.24) is 20.4 Å². The maximum absolute atomic E-state index is 12.6. The summed E-state index contributed by atoms with van der Waals surface area (Å²) in [4.78, 5) is 26.8. The lowest BCUT2D eigenvalue weighted by Gasteiger charge is -2.32. The number of rotatable bonds is 4. The van der Waals surface area contributed by atoms with Crippen LogP contribution in [0.4, 0.5) is 0 Å². The molecule has 0 bridgehead atoms. The van der Waals surface area contributed by atoms with Gasteiger partial charge in [-0.3, -0.25) is 14.7 Å². The highest BCUT2D eigenvalue weighted by atomic mass is 16.3. The SMILES string of the molecule is Cc1ccc(-c2cc(C(=O)NC3CCCN(C(=O)c4ccco4)C3)[nH]n2)cc1. The number of aromatic amines is 1. The predicted molar refractivity (Wildman–Crippen MR) is 104 cm³/mol.